The molecule has 1 heterocycles. The Bertz CT molecular complexity index is 242. The van der Waals surface area contributed by atoms with Crippen LogP contribution in [-0.2, 0) is 0 Å². The van der Waals surface area contributed by atoms with E-state index in [1.807, 2.05) is 19.9 Å². The molecule has 3 nitrogen and oxygen atoms in total. The van der Waals surface area contributed by atoms with Crippen LogP contribution in [0.4, 0.5) is 0 Å². The molecule has 0 aromatic carbocycles. The number of hydrogen-bond acceptors (Lipinski definition) is 3. The summed E-state index contributed by atoms with van der Waals surface area (Å²) in [5.74, 6) is 1.40. The van der Waals surface area contributed by atoms with Crippen molar-refractivity contribution in [1.29, 1.82) is 0 Å². The first kappa shape index (κ1) is 8.30. The predicted molar refractivity (Wildman–Crippen MR) is 42.2 cm³/mol. The number of furan rings is 1. The minimum atomic E-state index is -0.663. The second kappa shape index (κ2) is 3.07. The lowest BCUT2D eigenvalue weighted by Crippen LogP contribution is -2.11. The van der Waals surface area contributed by atoms with Crippen LogP contribution in [0.2, 0.25) is 0 Å². The molecule has 1 atom stereocenters. The Hall–Kier alpha value is -0.800. The zero-order chi connectivity index (χ0) is 8.43. The Morgan fingerprint density at radius 1 is 1.64 bits per heavy atom. The van der Waals surface area contributed by atoms with E-state index in [0.29, 0.717) is 5.76 Å². The zero-order valence-electron chi connectivity index (χ0n) is 6.79. The smallest absolute Gasteiger partial charge is 0.136 e. The van der Waals surface area contributed by atoms with E-state index in [1.165, 1.54) is 0 Å². The number of aliphatic hydroxyl groups is 1. The number of hydrogen-bond donors (Lipinski definition) is 2. The molecule has 1 unspecified atom stereocenters. The van der Waals surface area contributed by atoms with Crippen molar-refractivity contribution in [3.8, 4) is 0 Å². The van der Waals surface area contributed by atoms with Crippen molar-refractivity contribution in [1.82, 2.24) is 0 Å². The van der Waals surface area contributed by atoms with E-state index in [0.717, 1.165) is 11.3 Å². The van der Waals surface area contributed by atoms with Gasteiger partial charge in [0.2, 0.25) is 0 Å². The molecular weight excluding hydrogens is 142 g/mol. The van der Waals surface area contributed by atoms with E-state index >= 15 is 0 Å². The molecule has 1 aromatic heterocycles. The quantitative estimate of drug-likeness (QED) is 0.666. The van der Waals surface area contributed by atoms with Crippen LogP contribution in [0.5, 0.6) is 0 Å². The van der Waals surface area contributed by atoms with Gasteiger partial charge < -0.3 is 15.3 Å². The summed E-state index contributed by atoms with van der Waals surface area (Å²) in [4.78, 5) is 0. The molecule has 0 saturated heterocycles. The van der Waals surface area contributed by atoms with Crippen molar-refractivity contribution in [3.05, 3.63) is 23.2 Å². The lowest BCUT2D eigenvalue weighted by atomic mass is 10.2. The summed E-state index contributed by atoms with van der Waals surface area (Å²) in [6.07, 6.45) is -0.663. The molecule has 0 radical (unpaired) electrons. The summed E-state index contributed by atoms with van der Waals surface area (Å²) in [6.45, 7) is 3.94. The highest BCUT2D eigenvalue weighted by molar-refractivity contribution is 5.21. The average molecular weight is 155 g/mol. The molecule has 0 spiro atoms. The monoisotopic (exact) mass is 155 g/mol. The molecule has 0 fully saturated rings. The number of aliphatic hydroxyl groups excluding tert-OH is 1. The molecule has 0 bridgehead atoms. The van der Waals surface area contributed by atoms with E-state index in [9.17, 15) is 5.11 Å². The molecule has 1 aromatic rings. The van der Waals surface area contributed by atoms with Gasteiger partial charge in [0.05, 0.1) is 0 Å². The number of rotatable bonds is 2. The van der Waals surface area contributed by atoms with Gasteiger partial charge in [0.15, 0.2) is 0 Å². The SMILES string of the molecule is Cc1cc(C)c(C(O)CN)o1. The van der Waals surface area contributed by atoms with E-state index in [-0.39, 0.29) is 6.54 Å². The second-order valence-electron chi connectivity index (χ2n) is 2.66. The molecule has 0 aliphatic rings. The largest absolute Gasteiger partial charge is 0.463 e. The van der Waals surface area contributed by atoms with Gasteiger partial charge in [-0.3, -0.25) is 0 Å². The van der Waals surface area contributed by atoms with Gasteiger partial charge in [-0.1, -0.05) is 0 Å². The highest BCUT2D eigenvalue weighted by Gasteiger charge is 2.12. The summed E-state index contributed by atoms with van der Waals surface area (Å²) in [5, 5.41) is 9.30. The van der Waals surface area contributed by atoms with Gasteiger partial charge in [-0.25, -0.2) is 0 Å². The lowest BCUT2D eigenvalue weighted by molar-refractivity contribution is 0.155. The van der Waals surface area contributed by atoms with Crippen LogP contribution in [0.3, 0.4) is 0 Å². The Labute approximate surface area is 65.8 Å². The first-order valence-electron chi connectivity index (χ1n) is 3.60. The molecule has 3 heteroatoms. The van der Waals surface area contributed by atoms with Crippen molar-refractivity contribution in [3.63, 3.8) is 0 Å². The minimum Gasteiger partial charge on any atom is -0.463 e. The van der Waals surface area contributed by atoms with Crippen molar-refractivity contribution < 1.29 is 9.52 Å². The standard InChI is InChI=1S/C8H13NO2/c1-5-3-6(2)11-8(5)7(10)4-9/h3,7,10H,4,9H2,1-2H3. The van der Waals surface area contributed by atoms with Crippen molar-refractivity contribution in [2.45, 2.75) is 20.0 Å². The summed E-state index contributed by atoms with van der Waals surface area (Å²) >= 11 is 0. The Morgan fingerprint density at radius 2 is 2.27 bits per heavy atom. The molecule has 62 valence electrons. The zero-order valence-corrected chi connectivity index (χ0v) is 6.79. The Morgan fingerprint density at radius 3 is 2.64 bits per heavy atom. The van der Waals surface area contributed by atoms with Crippen LogP contribution in [0.1, 0.15) is 23.2 Å². The minimum absolute atomic E-state index is 0.202. The molecule has 3 N–H and O–H groups in total. The number of nitrogens with two attached hydrogens (primary N) is 1. The summed E-state index contributed by atoms with van der Waals surface area (Å²) in [7, 11) is 0. The van der Waals surface area contributed by atoms with Gasteiger partial charge >= 0.3 is 0 Å². The fraction of sp³-hybridized carbons (Fsp3) is 0.500. The maximum absolute atomic E-state index is 9.30. The molecule has 0 aliphatic heterocycles. The summed E-state index contributed by atoms with van der Waals surface area (Å²) in [5.41, 5.74) is 6.23. The predicted octanol–water partition coefficient (Wildman–Crippen LogP) is 0.889. The van der Waals surface area contributed by atoms with Crippen molar-refractivity contribution in [2.75, 3.05) is 6.54 Å². The van der Waals surface area contributed by atoms with Gasteiger partial charge in [-0.05, 0) is 25.5 Å². The summed E-state index contributed by atoms with van der Waals surface area (Å²) in [6, 6.07) is 1.88. The second-order valence-corrected chi connectivity index (χ2v) is 2.66. The highest BCUT2D eigenvalue weighted by Crippen LogP contribution is 2.20. The van der Waals surface area contributed by atoms with Crippen LogP contribution in [-0.4, -0.2) is 11.7 Å². The molecule has 0 aliphatic carbocycles. The maximum Gasteiger partial charge on any atom is 0.136 e. The fourth-order valence-corrected chi connectivity index (χ4v) is 1.10. The van der Waals surface area contributed by atoms with E-state index in [2.05, 4.69) is 0 Å². The fourth-order valence-electron chi connectivity index (χ4n) is 1.10. The van der Waals surface area contributed by atoms with Gasteiger partial charge in [-0.15, -0.1) is 0 Å². The Balaban J connectivity index is 2.93. The molecule has 0 saturated carbocycles. The highest BCUT2D eigenvalue weighted by atomic mass is 16.4. The average Bonchev–Trinajstić information content (AvgIpc) is 2.28. The third-order valence-electron chi connectivity index (χ3n) is 1.61. The van der Waals surface area contributed by atoms with Crippen LogP contribution in [0.15, 0.2) is 10.5 Å². The first-order chi connectivity index (χ1) is 5.15. The lowest BCUT2D eigenvalue weighted by Gasteiger charge is -2.03. The van der Waals surface area contributed by atoms with Crippen LogP contribution in [0.25, 0.3) is 0 Å². The first-order valence-corrected chi connectivity index (χ1v) is 3.60. The number of aryl methyl sites for hydroxylation is 2. The maximum atomic E-state index is 9.30. The van der Waals surface area contributed by atoms with Crippen LogP contribution in [0, 0.1) is 13.8 Å². The molecule has 0 amide bonds. The molecule has 1 rings (SSSR count). The van der Waals surface area contributed by atoms with E-state index in [1.54, 1.807) is 0 Å². The summed E-state index contributed by atoms with van der Waals surface area (Å²) < 4.78 is 5.24. The van der Waals surface area contributed by atoms with Crippen molar-refractivity contribution in [2.24, 2.45) is 5.73 Å². The third-order valence-corrected chi connectivity index (χ3v) is 1.61. The van der Waals surface area contributed by atoms with Gasteiger partial charge in [-0.2, -0.15) is 0 Å². The normalized spacial score (nSPS) is 13.5. The van der Waals surface area contributed by atoms with Crippen molar-refractivity contribution >= 4 is 0 Å². The molecular formula is C8H13NO2. The molecule has 11 heavy (non-hydrogen) atoms. The van der Waals surface area contributed by atoms with E-state index in [4.69, 9.17) is 10.2 Å². The van der Waals surface area contributed by atoms with Gasteiger partial charge in [0, 0.05) is 6.54 Å². The van der Waals surface area contributed by atoms with Crippen LogP contribution < -0.4 is 5.73 Å². The van der Waals surface area contributed by atoms with Gasteiger partial charge in [0.1, 0.15) is 17.6 Å². The third kappa shape index (κ3) is 1.61. The topological polar surface area (TPSA) is 59.4 Å². The van der Waals surface area contributed by atoms with Crippen LogP contribution >= 0.6 is 0 Å². The Kier molecular flexibility index (Phi) is 2.31. The van der Waals surface area contributed by atoms with E-state index < -0.39 is 6.10 Å². The van der Waals surface area contributed by atoms with Gasteiger partial charge in [0.25, 0.3) is 0 Å².